The van der Waals surface area contributed by atoms with Gasteiger partial charge in [0.25, 0.3) is 5.91 Å². The summed E-state index contributed by atoms with van der Waals surface area (Å²) in [6.45, 7) is 6.64. The summed E-state index contributed by atoms with van der Waals surface area (Å²) in [6, 6.07) is 5.10. The lowest BCUT2D eigenvalue weighted by molar-refractivity contribution is 0.0760. The first-order valence-electron chi connectivity index (χ1n) is 7.13. The predicted octanol–water partition coefficient (Wildman–Crippen LogP) is 0.807. The Hall–Kier alpha value is -1.59. The van der Waals surface area contributed by atoms with E-state index in [1.165, 1.54) is 0 Å². The largest absolute Gasteiger partial charge is 0.508 e. The first-order chi connectivity index (χ1) is 9.63. The van der Waals surface area contributed by atoms with Crippen LogP contribution in [0.15, 0.2) is 18.2 Å². The minimum atomic E-state index is 0.00741. The molecule has 1 aliphatic heterocycles. The molecule has 0 radical (unpaired) electrons. The molecular formula is C15H23N3O2. The molecule has 1 amide bonds. The van der Waals surface area contributed by atoms with Crippen LogP contribution in [0.2, 0.25) is 0 Å². The Balaban J connectivity index is 2.07. The van der Waals surface area contributed by atoms with Crippen molar-refractivity contribution in [3.05, 3.63) is 29.3 Å². The van der Waals surface area contributed by atoms with Gasteiger partial charge in [-0.1, -0.05) is 6.07 Å². The highest BCUT2D eigenvalue weighted by molar-refractivity contribution is 5.96. The predicted molar refractivity (Wildman–Crippen MR) is 78.9 cm³/mol. The van der Waals surface area contributed by atoms with Crippen molar-refractivity contribution in [3.8, 4) is 5.75 Å². The smallest absolute Gasteiger partial charge is 0.254 e. The van der Waals surface area contributed by atoms with Crippen molar-refractivity contribution in [2.45, 2.75) is 13.3 Å². The number of aromatic hydroxyl groups is 1. The van der Waals surface area contributed by atoms with E-state index >= 15 is 0 Å². The number of benzene rings is 1. The maximum atomic E-state index is 12.6. The summed E-state index contributed by atoms with van der Waals surface area (Å²) in [5, 5.41) is 9.72. The van der Waals surface area contributed by atoms with Crippen molar-refractivity contribution in [3.63, 3.8) is 0 Å². The molecule has 0 bridgehead atoms. The third-order valence-corrected chi connectivity index (χ3v) is 3.86. The van der Waals surface area contributed by atoms with Crippen LogP contribution in [0.5, 0.6) is 5.75 Å². The quantitative estimate of drug-likeness (QED) is 0.857. The summed E-state index contributed by atoms with van der Waals surface area (Å²) < 4.78 is 0. The number of nitrogens with zero attached hydrogens (tertiary/aromatic N) is 2. The normalized spacial score (nSPS) is 17.0. The molecule has 1 aliphatic rings. The molecule has 1 aromatic carbocycles. The second-order valence-electron chi connectivity index (χ2n) is 5.23. The molecule has 1 heterocycles. The van der Waals surface area contributed by atoms with Gasteiger partial charge in [-0.2, -0.15) is 0 Å². The highest BCUT2D eigenvalue weighted by Crippen LogP contribution is 2.21. The van der Waals surface area contributed by atoms with Gasteiger partial charge in [-0.3, -0.25) is 4.79 Å². The zero-order valence-corrected chi connectivity index (χ0v) is 12.0. The summed E-state index contributed by atoms with van der Waals surface area (Å²) >= 11 is 0. The average molecular weight is 277 g/mol. The third kappa shape index (κ3) is 3.29. The molecular weight excluding hydrogens is 254 g/mol. The Morgan fingerprint density at radius 3 is 2.85 bits per heavy atom. The number of amides is 1. The number of phenolic OH excluding ortho intramolecular Hbond substituents is 1. The van der Waals surface area contributed by atoms with Gasteiger partial charge in [0, 0.05) is 43.9 Å². The van der Waals surface area contributed by atoms with E-state index in [-0.39, 0.29) is 11.7 Å². The van der Waals surface area contributed by atoms with Crippen LogP contribution in [0.4, 0.5) is 0 Å². The van der Waals surface area contributed by atoms with Gasteiger partial charge in [-0.05, 0) is 32.0 Å². The van der Waals surface area contributed by atoms with Crippen LogP contribution in [0, 0.1) is 6.92 Å². The second-order valence-corrected chi connectivity index (χ2v) is 5.23. The number of nitrogens with two attached hydrogens (primary N) is 1. The first-order valence-corrected chi connectivity index (χ1v) is 7.13. The van der Waals surface area contributed by atoms with Crippen LogP contribution in [0.1, 0.15) is 22.3 Å². The number of hydrogen-bond donors (Lipinski definition) is 2. The van der Waals surface area contributed by atoms with E-state index in [4.69, 9.17) is 5.73 Å². The summed E-state index contributed by atoms with van der Waals surface area (Å²) in [5.41, 5.74) is 6.83. The maximum absolute atomic E-state index is 12.6. The summed E-state index contributed by atoms with van der Waals surface area (Å²) in [7, 11) is 0. The third-order valence-electron chi connectivity index (χ3n) is 3.86. The molecule has 0 saturated carbocycles. The van der Waals surface area contributed by atoms with E-state index in [0.717, 1.165) is 32.6 Å². The van der Waals surface area contributed by atoms with Crippen LogP contribution in [-0.2, 0) is 0 Å². The highest BCUT2D eigenvalue weighted by Gasteiger charge is 2.21. The van der Waals surface area contributed by atoms with Crippen LogP contribution < -0.4 is 5.73 Å². The van der Waals surface area contributed by atoms with Gasteiger partial charge in [0.15, 0.2) is 0 Å². The van der Waals surface area contributed by atoms with Gasteiger partial charge in [0.1, 0.15) is 5.75 Å². The van der Waals surface area contributed by atoms with Crippen LogP contribution in [0.25, 0.3) is 0 Å². The summed E-state index contributed by atoms with van der Waals surface area (Å²) in [5.74, 6) is 0.184. The van der Waals surface area contributed by atoms with Crippen molar-refractivity contribution in [1.82, 2.24) is 9.80 Å². The van der Waals surface area contributed by atoms with E-state index in [1.807, 2.05) is 4.90 Å². The SMILES string of the molecule is Cc1c(O)cccc1C(=O)N1CCCN(CCN)CC1. The molecule has 5 heteroatoms. The molecule has 1 saturated heterocycles. The van der Waals surface area contributed by atoms with E-state index in [9.17, 15) is 9.90 Å². The topological polar surface area (TPSA) is 69.8 Å². The van der Waals surface area contributed by atoms with Crippen LogP contribution in [0.3, 0.4) is 0 Å². The van der Waals surface area contributed by atoms with Crippen molar-refractivity contribution < 1.29 is 9.90 Å². The Morgan fingerprint density at radius 1 is 1.30 bits per heavy atom. The number of hydrogen-bond acceptors (Lipinski definition) is 4. The van der Waals surface area contributed by atoms with E-state index in [0.29, 0.717) is 24.2 Å². The van der Waals surface area contributed by atoms with Gasteiger partial charge in [0.05, 0.1) is 0 Å². The molecule has 20 heavy (non-hydrogen) atoms. The molecule has 0 spiro atoms. The number of phenols is 1. The molecule has 0 unspecified atom stereocenters. The average Bonchev–Trinajstić information content (AvgIpc) is 2.67. The van der Waals surface area contributed by atoms with Gasteiger partial charge >= 0.3 is 0 Å². The van der Waals surface area contributed by atoms with E-state index < -0.39 is 0 Å². The summed E-state index contributed by atoms with van der Waals surface area (Å²) in [4.78, 5) is 16.7. The number of rotatable bonds is 3. The lowest BCUT2D eigenvalue weighted by atomic mass is 10.1. The zero-order chi connectivity index (χ0) is 14.5. The van der Waals surface area contributed by atoms with E-state index in [2.05, 4.69) is 4.90 Å². The van der Waals surface area contributed by atoms with Crippen LogP contribution in [-0.4, -0.2) is 60.1 Å². The first kappa shape index (κ1) is 14.8. The Bertz CT molecular complexity index is 476. The Labute approximate surface area is 120 Å². The summed E-state index contributed by atoms with van der Waals surface area (Å²) in [6.07, 6.45) is 0.962. The van der Waals surface area contributed by atoms with Crippen molar-refractivity contribution >= 4 is 5.91 Å². The Morgan fingerprint density at radius 2 is 2.10 bits per heavy atom. The molecule has 5 nitrogen and oxygen atoms in total. The van der Waals surface area contributed by atoms with Crippen LogP contribution >= 0.6 is 0 Å². The van der Waals surface area contributed by atoms with Crippen molar-refractivity contribution in [2.24, 2.45) is 5.73 Å². The zero-order valence-electron chi connectivity index (χ0n) is 12.0. The standard InChI is InChI=1S/C15H23N3O2/c1-12-13(4-2-5-14(12)19)15(20)18-8-3-7-17(9-6-16)10-11-18/h2,4-5,19H,3,6-11,16H2,1H3. The number of carbonyl (C=O) groups excluding carboxylic acids is 1. The van der Waals surface area contributed by atoms with Gasteiger partial charge < -0.3 is 20.6 Å². The fraction of sp³-hybridized carbons (Fsp3) is 0.533. The molecule has 1 aromatic rings. The Kier molecular flexibility index (Phi) is 4.98. The molecule has 0 atom stereocenters. The second kappa shape index (κ2) is 6.72. The van der Waals surface area contributed by atoms with Crippen molar-refractivity contribution in [1.29, 1.82) is 0 Å². The molecule has 3 N–H and O–H groups in total. The lowest BCUT2D eigenvalue weighted by Crippen LogP contribution is -2.36. The lowest BCUT2D eigenvalue weighted by Gasteiger charge is -2.22. The minimum absolute atomic E-state index is 0.00741. The highest BCUT2D eigenvalue weighted by atomic mass is 16.3. The fourth-order valence-corrected chi connectivity index (χ4v) is 2.61. The van der Waals surface area contributed by atoms with Crippen molar-refractivity contribution in [2.75, 3.05) is 39.3 Å². The molecule has 1 fully saturated rings. The van der Waals surface area contributed by atoms with Gasteiger partial charge in [0.2, 0.25) is 0 Å². The number of carbonyl (C=O) groups is 1. The minimum Gasteiger partial charge on any atom is -0.508 e. The van der Waals surface area contributed by atoms with E-state index in [1.54, 1.807) is 25.1 Å². The van der Waals surface area contributed by atoms with Gasteiger partial charge in [-0.25, -0.2) is 0 Å². The molecule has 2 rings (SSSR count). The van der Waals surface area contributed by atoms with Gasteiger partial charge in [-0.15, -0.1) is 0 Å². The molecule has 0 aliphatic carbocycles. The molecule has 0 aromatic heterocycles. The maximum Gasteiger partial charge on any atom is 0.254 e. The monoisotopic (exact) mass is 277 g/mol. The fourth-order valence-electron chi connectivity index (χ4n) is 2.61. The molecule has 110 valence electrons.